The minimum Gasteiger partial charge on any atom is -0.370 e. The summed E-state index contributed by atoms with van der Waals surface area (Å²) in [6.45, 7) is 3.15. The molecule has 0 spiro atoms. The fourth-order valence-corrected chi connectivity index (χ4v) is 3.44. The molecule has 0 radical (unpaired) electrons. The van der Waals surface area contributed by atoms with Crippen LogP contribution in [0.4, 0.5) is 20.3 Å². The number of hydrogen-bond acceptors (Lipinski definition) is 3. The molecular weight excluding hydrogens is 434 g/mol. The van der Waals surface area contributed by atoms with Crippen molar-refractivity contribution < 1.29 is 13.6 Å². The second-order valence-corrected chi connectivity index (χ2v) is 7.26. The number of anilines is 2. The molecule has 0 atom stereocenters. The van der Waals surface area contributed by atoms with Gasteiger partial charge >= 0.3 is 0 Å². The molecule has 4 aromatic rings. The minimum absolute atomic E-state index is 0. The molecule has 32 heavy (non-hydrogen) atoms. The van der Waals surface area contributed by atoms with Crippen LogP contribution >= 0.6 is 12.4 Å². The Morgan fingerprint density at radius 1 is 1.03 bits per heavy atom. The van der Waals surface area contributed by atoms with Gasteiger partial charge in [-0.3, -0.25) is 4.79 Å². The lowest BCUT2D eigenvalue weighted by Gasteiger charge is -2.12. The molecule has 0 aliphatic carbocycles. The number of amides is 1. The summed E-state index contributed by atoms with van der Waals surface area (Å²) >= 11 is 0. The lowest BCUT2D eigenvalue weighted by Crippen LogP contribution is -2.17. The predicted molar refractivity (Wildman–Crippen MR) is 126 cm³/mol. The van der Waals surface area contributed by atoms with Crippen molar-refractivity contribution in [2.75, 3.05) is 17.2 Å². The molecule has 4 rings (SSSR count). The highest BCUT2D eigenvalue weighted by Crippen LogP contribution is 2.24. The van der Waals surface area contributed by atoms with Crippen molar-refractivity contribution in [3.8, 4) is 0 Å². The lowest BCUT2D eigenvalue weighted by molar-refractivity contribution is 0.101. The first kappa shape index (κ1) is 23.2. The Bertz CT molecular complexity index is 1220. The van der Waals surface area contributed by atoms with Gasteiger partial charge < -0.3 is 15.2 Å². The maximum absolute atomic E-state index is 13.8. The second kappa shape index (κ2) is 10.2. The Morgan fingerprint density at radius 2 is 1.84 bits per heavy atom. The molecule has 166 valence electrons. The van der Waals surface area contributed by atoms with Crippen molar-refractivity contribution in [1.82, 2.24) is 9.55 Å². The van der Waals surface area contributed by atoms with Crippen molar-refractivity contribution in [3.63, 3.8) is 0 Å². The maximum atomic E-state index is 13.8. The Labute approximate surface area is 190 Å². The summed E-state index contributed by atoms with van der Waals surface area (Å²) in [5.41, 5.74) is 2.27. The van der Waals surface area contributed by atoms with Crippen molar-refractivity contribution in [2.45, 2.75) is 19.9 Å². The number of carbonyl (C=O) groups excluding carboxylic acids is 1. The van der Waals surface area contributed by atoms with Gasteiger partial charge in [0, 0.05) is 24.0 Å². The third-order valence-corrected chi connectivity index (χ3v) is 4.90. The third-order valence-electron chi connectivity index (χ3n) is 4.90. The zero-order valence-electron chi connectivity index (χ0n) is 17.4. The fraction of sp³-hybridized carbons (Fsp3) is 0.167. The van der Waals surface area contributed by atoms with Crippen LogP contribution in [-0.4, -0.2) is 22.0 Å². The van der Waals surface area contributed by atoms with E-state index in [0.29, 0.717) is 27.8 Å². The van der Waals surface area contributed by atoms with Crippen LogP contribution in [0.1, 0.15) is 29.4 Å². The number of fused-ring (bicyclic) bond motifs is 1. The van der Waals surface area contributed by atoms with Gasteiger partial charge in [0.05, 0.1) is 11.9 Å². The average molecular weight is 457 g/mol. The molecule has 0 saturated carbocycles. The number of nitrogens with one attached hydrogen (secondary N) is 2. The number of benzene rings is 2. The average Bonchev–Trinajstić information content (AvgIpc) is 3.10. The molecular formula is C24H23ClF2N4O. The first-order valence-corrected chi connectivity index (χ1v) is 10.1. The molecule has 0 aliphatic heterocycles. The quantitative estimate of drug-likeness (QED) is 0.366. The SMILES string of the molecule is CCCNc1ccc(NC(=O)c2cc3cc(F)ccc3n2Cc2cccc(F)c2)cn1.Cl. The molecule has 2 N–H and O–H groups in total. The van der Waals surface area contributed by atoms with Crippen LogP contribution < -0.4 is 10.6 Å². The highest BCUT2D eigenvalue weighted by atomic mass is 35.5. The summed E-state index contributed by atoms with van der Waals surface area (Å²) in [5, 5.41) is 6.61. The van der Waals surface area contributed by atoms with Crippen LogP contribution in [0.3, 0.4) is 0 Å². The number of carbonyl (C=O) groups is 1. The van der Waals surface area contributed by atoms with E-state index in [9.17, 15) is 13.6 Å². The van der Waals surface area contributed by atoms with Crippen LogP contribution in [0, 0.1) is 11.6 Å². The van der Waals surface area contributed by atoms with Gasteiger partial charge in [-0.25, -0.2) is 13.8 Å². The van der Waals surface area contributed by atoms with E-state index in [0.717, 1.165) is 18.8 Å². The Morgan fingerprint density at radius 3 is 2.56 bits per heavy atom. The second-order valence-electron chi connectivity index (χ2n) is 7.26. The number of aromatic nitrogens is 2. The van der Waals surface area contributed by atoms with E-state index in [1.165, 1.54) is 24.3 Å². The molecule has 0 unspecified atom stereocenters. The van der Waals surface area contributed by atoms with E-state index in [-0.39, 0.29) is 36.5 Å². The largest absolute Gasteiger partial charge is 0.370 e. The van der Waals surface area contributed by atoms with Gasteiger partial charge in [-0.1, -0.05) is 19.1 Å². The number of hydrogen-bond donors (Lipinski definition) is 2. The normalized spacial score (nSPS) is 10.6. The van der Waals surface area contributed by atoms with E-state index in [4.69, 9.17) is 0 Å². The van der Waals surface area contributed by atoms with Crippen LogP contribution in [0.15, 0.2) is 66.9 Å². The summed E-state index contributed by atoms with van der Waals surface area (Å²) in [6.07, 6.45) is 2.56. The summed E-state index contributed by atoms with van der Waals surface area (Å²) in [4.78, 5) is 17.4. The van der Waals surface area contributed by atoms with Crippen molar-refractivity contribution >= 4 is 40.7 Å². The van der Waals surface area contributed by atoms with E-state index in [1.807, 2.05) is 0 Å². The molecule has 2 aromatic carbocycles. The number of nitrogens with zero attached hydrogens (tertiary/aromatic N) is 2. The smallest absolute Gasteiger partial charge is 0.272 e. The van der Waals surface area contributed by atoms with Gasteiger partial charge in [-0.15, -0.1) is 12.4 Å². The summed E-state index contributed by atoms with van der Waals surface area (Å²) < 4.78 is 29.2. The molecule has 1 amide bonds. The van der Waals surface area contributed by atoms with Gasteiger partial charge in [0.25, 0.3) is 5.91 Å². The van der Waals surface area contributed by atoms with Gasteiger partial charge in [0.15, 0.2) is 0 Å². The monoisotopic (exact) mass is 456 g/mol. The zero-order valence-corrected chi connectivity index (χ0v) is 18.3. The van der Waals surface area contributed by atoms with E-state index < -0.39 is 0 Å². The molecule has 0 bridgehead atoms. The summed E-state index contributed by atoms with van der Waals surface area (Å²) in [6, 6.07) is 15.7. The van der Waals surface area contributed by atoms with Crippen molar-refractivity contribution in [3.05, 3.63) is 89.8 Å². The number of pyridine rings is 1. The fourth-order valence-electron chi connectivity index (χ4n) is 3.44. The van der Waals surface area contributed by atoms with E-state index >= 15 is 0 Å². The molecule has 0 saturated heterocycles. The molecule has 0 aliphatic rings. The zero-order chi connectivity index (χ0) is 21.8. The Hall–Kier alpha value is -3.45. The predicted octanol–water partition coefficient (Wildman–Crippen LogP) is 5.86. The highest BCUT2D eigenvalue weighted by Gasteiger charge is 2.17. The third kappa shape index (κ3) is 5.23. The Kier molecular flexibility index (Phi) is 7.43. The van der Waals surface area contributed by atoms with Crippen LogP contribution in [0.5, 0.6) is 0 Å². The van der Waals surface area contributed by atoms with Gasteiger partial charge in [0.1, 0.15) is 23.1 Å². The molecule has 2 aromatic heterocycles. The van der Waals surface area contributed by atoms with E-state index in [2.05, 4.69) is 22.5 Å². The van der Waals surface area contributed by atoms with E-state index in [1.54, 1.807) is 47.2 Å². The standard InChI is InChI=1S/C24H22F2N4O.ClH/c1-2-10-27-23-9-7-20(14-28-23)29-24(31)22-13-17-12-19(26)6-8-21(17)30(22)15-16-4-3-5-18(25)11-16;/h3-9,11-14H,2,10,15H2,1H3,(H,27,28)(H,29,31);1H. The number of rotatable bonds is 7. The van der Waals surface area contributed by atoms with Crippen LogP contribution in [-0.2, 0) is 6.54 Å². The molecule has 5 nitrogen and oxygen atoms in total. The maximum Gasteiger partial charge on any atom is 0.272 e. The Balaban J connectivity index is 0.00000289. The first-order chi connectivity index (χ1) is 15.0. The summed E-state index contributed by atoms with van der Waals surface area (Å²) in [5.74, 6) is -0.366. The highest BCUT2D eigenvalue weighted by molar-refractivity contribution is 6.06. The molecule has 2 heterocycles. The topological polar surface area (TPSA) is 58.9 Å². The van der Waals surface area contributed by atoms with Crippen molar-refractivity contribution in [2.24, 2.45) is 0 Å². The van der Waals surface area contributed by atoms with Gasteiger partial charge in [-0.05, 0) is 60.5 Å². The van der Waals surface area contributed by atoms with Crippen molar-refractivity contribution in [1.29, 1.82) is 0 Å². The lowest BCUT2D eigenvalue weighted by atomic mass is 10.2. The van der Waals surface area contributed by atoms with Crippen LogP contribution in [0.25, 0.3) is 10.9 Å². The minimum atomic E-state index is -0.387. The first-order valence-electron chi connectivity index (χ1n) is 10.1. The molecule has 8 heteroatoms. The summed E-state index contributed by atoms with van der Waals surface area (Å²) in [7, 11) is 0. The van der Waals surface area contributed by atoms with Gasteiger partial charge in [-0.2, -0.15) is 0 Å². The molecule has 0 fully saturated rings. The van der Waals surface area contributed by atoms with Crippen LogP contribution in [0.2, 0.25) is 0 Å². The number of halogens is 3. The van der Waals surface area contributed by atoms with Gasteiger partial charge in [0.2, 0.25) is 0 Å².